The Kier molecular flexibility index (Phi) is 4.46. The molecule has 1 amide bonds. The van der Waals surface area contributed by atoms with E-state index in [2.05, 4.69) is 15.3 Å². The van der Waals surface area contributed by atoms with Gasteiger partial charge < -0.3 is 5.32 Å². The number of hydrogen-bond donors (Lipinski definition) is 1. The highest BCUT2D eigenvalue weighted by Gasteiger charge is 2.15. The number of aryl methyl sites for hydroxylation is 1. The molecule has 3 aromatic rings. The molecule has 0 radical (unpaired) electrons. The largest absolute Gasteiger partial charge is 0.346 e. The number of halogens is 2. The lowest BCUT2D eigenvalue weighted by atomic mass is 10.1. The van der Waals surface area contributed by atoms with Crippen molar-refractivity contribution in [3.63, 3.8) is 0 Å². The van der Waals surface area contributed by atoms with Crippen molar-refractivity contribution in [1.29, 1.82) is 0 Å². The van der Waals surface area contributed by atoms with Gasteiger partial charge in [0.2, 0.25) is 0 Å². The fourth-order valence-electron chi connectivity index (χ4n) is 2.27. The van der Waals surface area contributed by atoms with Crippen LogP contribution in [0.15, 0.2) is 42.5 Å². The number of fused-ring (bicyclic) bond motifs is 1. The molecule has 0 fully saturated rings. The van der Waals surface area contributed by atoms with Crippen LogP contribution in [0.3, 0.4) is 0 Å². The normalized spacial score (nSPS) is 10.7. The maximum Gasteiger partial charge on any atom is 0.273 e. The lowest BCUT2D eigenvalue weighted by Gasteiger charge is -2.10. The summed E-state index contributed by atoms with van der Waals surface area (Å²) in [4.78, 5) is 20.9. The van der Waals surface area contributed by atoms with Gasteiger partial charge in [-0.2, -0.15) is 0 Å². The van der Waals surface area contributed by atoms with Crippen LogP contribution < -0.4 is 5.32 Å². The maximum absolute atomic E-state index is 12.4. The van der Waals surface area contributed by atoms with Crippen molar-refractivity contribution in [2.75, 3.05) is 0 Å². The van der Waals surface area contributed by atoms with E-state index in [1.807, 2.05) is 31.2 Å². The first kappa shape index (κ1) is 15.7. The Morgan fingerprint density at radius 3 is 2.43 bits per heavy atom. The van der Waals surface area contributed by atoms with Gasteiger partial charge in [0.05, 0.1) is 11.0 Å². The monoisotopic (exact) mass is 345 g/mol. The summed E-state index contributed by atoms with van der Waals surface area (Å²) in [6.07, 6.45) is 0. The number of para-hydroxylation sites is 2. The minimum atomic E-state index is -0.382. The van der Waals surface area contributed by atoms with E-state index in [1.165, 1.54) is 0 Å². The van der Waals surface area contributed by atoms with Gasteiger partial charge in [0.15, 0.2) is 10.8 Å². The predicted octanol–water partition coefficient (Wildman–Crippen LogP) is 4.18. The Morgan fingerprint density at radius 1 is 1.04 bits per heavy atom. The van der Waals surface area contributed by atoms with Gasteiger partial charge in [-0.3, -0.25) is 4.79 Å². The number of hydrogen-bond acceptors (Lipinski definition) is 3. The molecule has 0 saturated heterocycles. The first-order valence-electron chi connectivity index (χ1n) is 7.00. The zero-order valence-electron chi connectivity index (χ0n) is 12.3. The molecule has 0 atom stereocenters. The molecule has 23 heavy (non-hydrogen) atoms. The average Bonchev–Trinajstić information content (AvgIpc) is 2.53. The second-order valence-corrected chi connectivity index (χ2v) is 5.83. The van der Waals surface area contributed by atoms with E-state index < -0.39 is 0 Å². The molecule has 1 aromatic heterocycles. The highest BCUT2D eigenvalue weighted by atomic mass is 35.5. The molecule has 116 valence electrons. The van der Waals surface area contributed by atoms with Crippen LogP contribution in [0, 0.1) is 6.92 Å². The van der Waals surface area contributed by atoms with E-state index in [0.717, 1.165) is 11.1 Å². The number of nitrogens with one attached hydrogen (secondary N) is 1. The molecule has 1 N–H and O–H groups in total. The summed E-state index contributed by atoms with van der Waals surface area (Å²) in [5.74, 6) is -0.382. The summed E-state index contributed by atoms with van der Waals surface area (Å²) < 4.78 is 0. The van der Waals surface area contributed by atoms with Gasteiger partial charge in [-0.25, -0.2) is 9.97 Å². The van der Waals surface area contributed by atoms with Crippen molar-refractivity contribution in [2.45, 2.75) is 13.5 Å². The molecule has 0 bridgehead atoms. The zero-order chi connectivity index (χ0) is 16.4. The van der Waals surface area contributed by atoms with Crippen LogP contribution in [0.25, 0.3) is 11.0 Å². The van der Waals surface area contributed by atoms with Gasteiger partial charge in [-0.1, -0.05) is 47.5 Å². The third-order valence-corrected chi connectivity index (χ3v) is 4.14. The standard InChI is InChI=1S/C17H13Cl2N3O/c1-10-5-4-6-12(18)11(10)9-20-17(23)15-16(19)22-14-8-3-2-7-13(14)21-15/h2-8H,9H2,1H3,(H,20,23). The number of amides is 1. The van der Waals surface area contributed by atoms with E-state index >= 15 is 0 Å². The van der Waals surface area contributed by atoms with Crippen molar-refractivity contribution in [2.24, 2.45) is 0 Å². The number of carbonyl (C=O) groups excluding carboxylic acids is 1. The van der Waals surface area contributed by atoms with Crippen molar-refractivity contribution < 1.29 is 4.79 Å². The number of carbonyl (C=O) groups is 1. The first-order valence-corrected chi connectivity index (χ1v) is 7.76. The Labute approximate surface area is 143 Å². The van der Waals surface area contributed by atoms with Crippen molar-refractivity contribution in [3.05, 3.63) is 69.5 Å². The molecule has 0 unspecified atom stereocenters. The summed E-state index contributed by atoms with van der Waals surface area (Å²) in [5.41, 5.74) is 3.25. The highest BCUT2D eigenvalue weighted by molar-refractivity contribution is 6.32. The van der Waals surface area contributed by atoms with Gasteiger partial charge in [0.1, 0.15) is 0 Å². The van der Waals surface area contributed by atoms with Crippen molar-refractivity contribution >= 4 is 40.1 Å². The number of nitrogens with zero attached hydrogens (tertiary/aromatic N) is 2. The third kappa shape index (κ3) is 3.28. The van der Waals surface area contributed by atoms with E-state index in [4.69, 9.17) is 23.2 Å². The number of benzene rings is 2. The van der Waals surface area contributed by atoms with Gasteiger partial charge in [0.25, 0.3) is 5.91 Å². The summed E-state index contributed by atoms with van der Waals surface area (Å²) in [5, 5.41) is 3.48. The fraction of sp³-hybridized carbons (Fsp3) is 0.118. The maximum atomic E-state index is 12.4. The minimum Gasteiger partial charge on any atom is -0.346 e. The highest BCUT2D eigenvalue weighted by Crippen LogP contribution is 2.20. The first-order chi connectivity index (χ1) is 11.1. The molecule has 0 saturated carbocycles. The van der Waals surface area contributed by atoms with Crippen LogP contribution in [-0.4, -0.2) is 15.9 Å². The molecule has 1 heterocycles. The van der Waals surface area contributed by atoms with Crippen LogP contribution in [0.2, 0.25) is 10.2 Å². The quantitative estimate of drug-likeness (QED) is 0.774. The molecule has 0 aliphatic carbocycles. The van der Waals surface area contributed by atoms with Gasteiger partial charge in [0, 0.05) is 11.6 Å². The van der Waals surface area contributed by atoms with Crippen LogP contribution in [0.4, 0.5) is 0 Å². The van der Waals surface area contributed by atoms with E-state index in [1.54, 1.807) is 18.2 Å². The van der Waals surface area contributed by atoms with Crippen molar-refractivity contribution in [3.8, 4) is 0 Å². The second-order valence-electron chi connectivity index (χ2n) is 5.07. The van der Waals surface area contributed by atoms with E-state index in [-0.39, 0.29) is 16.8 Å². The minimum absolute atomic E-state index is 0.0806. The number of aromatic nitrogens is 2. The Balaban J connectivity index is 1.85. The van der Waals surface area contributed by atoms with Gasteiger partial charge >= 0.3 is 0 Å². The summed E-state index contributed by atoms with van der Waals surface area (Å²) in [6, 6.07) is 12.9. The second kappa shape index (κ2) is 6.52. The molecular weight excluding hydrogens is 333 g/mol. The molecule has 0 spiro atoms. The molecule has 3 rings (SSSR count). The summed E-state index contributed by atoms with van der Waals surface area (Å²) in [6.45, 7) is 2.24. The Morgan fingerprint density at radius 2 is 1.74 bits per heavy atom. The fourth-order valence-corrected chi connectivity index (χ4v) is 2.77. The summed E-state index contributed by atoms with van der Waals surface area (Å²) in [7, 11) is 0. The van der Waals surface area contributed by atoms with E-state index in [0.29, 0.717) is 22.6 Å². The van der Waals surface area contributed by atoms with Gasteiger partial charge in [-0.05, 0) is 36.2 Å². The van der Waals surface area contributed by atoms with Crippen LogP contribution in [-0.2, 0) is 6.54 Å². The van der Waals surface area contributed by atoms with Crippen molar-refractivity contribution in [1.82, 2.24) is 15.3 Å². The van der Waals surface area contributed by atoms with Crippen LogP contribution in [0.1, 0.15) is 21.6 Å². The lowest BCUT2D eigenvalue weighted by Crippen LogP contribution is -2.25. The van der Waals surface area contributed by atoms with E-state index in [9.17, 15) is 4.79 Å². The van der Waals surface area contributed by atoms with Crippen LogP contribution in [0.5, 0.6) is 0 Å². The van der Waals surface area contributed by atoms with Gasteiger partial charge in [-0.15, -0.1) is 0 Å². The molecule has 6 heteroatoms. The Bertz CT molecular complexity index is 876. The van der Waals surface area contributed by atoms with Crippen LogP contribution >= 0.6 is 23.2 Å². The molecular formula is C17H13Cl2N3O. The topological polar surface area (TPSA) is 54.9 Å². The summed E-state index contributed by atoms with van der Waals surface area (Å²) >= 11 is 12.2. The third-order valence-electron chi connectivity index (χ3n) is 3.52. The molecule has 0 aliphatic rings. The Hall–Kier alpha value is -2.17. The lowest BCUT2D eigenvalue weighted by molar-refractivity contribution is 0.0946. The zero-order valence-corrected chi connectivity index (χ0v) is 13.8. The SMILES string of the molecule is Cc1cccc(Cl)c1CNC(=O)c1nc2ccccc2nc1Cl. The molecule has 0 aliphatic heterocycles. The average molecular weight is 346 g/mol. The number of rotatable bonds is 3. The molecule has 2 aromatic carbocycles. The predicted molar refractivity (Wildman–Crippen MR) is 91.9 cm³/mol. The smallest absolute Gasteiger partial charge is 0.273 e. The molecule has 4 nitrogen and oxygen atoms in total.